The molecule has 0 N–H and O–H groups in total. The average Bonchev–Trinajstić information content (AvgIpc) is 2.70. The first-order valence-corrected chi connectivity index (χ1v) is 7.83. The van der Waals surface area contributed by atoms with Crippen LogP contribution in [0, 0.1) is 40.9 Å². The van der Waals surface area contributed by atoms with E-state index in [1.807, 2.05) is 0 Å². The Morgan fingerprint density at radius 3 is 2.00 bits per heavy atom. The van der Waals surface area contributed by atoms with Gasteiger partial charge in [0, 0.05) is 0 Å². The second-order valence-corrected chi connectivity index (χ2v) is 8.05. The van der Waals surface area contributed by atoms with Crippen molar-refractivity contribution in [1.29, 1.82) is 0 Å². The minimum atomic E-state index is 0.649. The lowest BCUT2D eigenvalue weighted by molar-refractivity contribution is 0.175. The Labute approximate surface area is 109 Å². The predicted molar refractivity (Wildman–Crippen MR) is 75.9 cm³/mol. The Hall–Kier alpha value is 0. The highest BCUT2D eigenvalue weighted by Crippen LogP contribution is 2.58. The highest BCUT2D eigenvalue weighted by molar-refractivity contribution is 4.99. The maximum Gasteiger partial charge on any atom is -0.0320 e. The van der Waals surface area contributed by atoms with Gasteiger partial charge in [0.1, 0.15) is 0 Å². The SMILES string of the molecule is CC1CCC(C(C)C(C)C(C)C2CC2(C)C)C1. The zero-order valence-corrected chi connectivity index (χ0v) is 12.8. The second-order valence-electron chi connectivity index (χ2n) is 8.05. The highest BCUT2D eigenvalue weighted by Gasteiger charge is 2.50. The molecular formula is C17H32. The highest BCUT2D eigenvalue weighted by atomic mass is 14.6. The van der Waals surface area contributed by atoms with E-state index in [1.54, 1.807) is 0 Å². The van der Waals surface area contributed by atoms with Crippen molar-refractivity contribution in [2.24, 2.45) is 40.9 Å². The molecule has 0 bridgehead atoms. The van der Waals surface area contributed by atoms with E-state index in [0.29, 0.717) is 5.41 Å². The third kappa shape index (κ3) is 2.71. The summed E-state index contributed by atoms with van der Waals surface area (Å²) in [7, 11) is 0. The predicted octanol–water partition coefficient (Wildman–Crippen LogP) is 5.38. The summed E-state index contributed by atoms with van der Waals surface area (Å²) in [6, 6.07) is 0. The number of hydrogen-bond donors (Lipinski definition) is 0. The minimum absolute atomic E-state index is 0.649. The Bertz CT molecular complexity index is 265. The number of hydrogen-bond acceptors (Lipinski definition) is 0. The number of rotatable bonds is 4. The fourth-order valence-corrected chi connectivity index (χ4v) is 4.41. The van der Waals surface area contributed by atoms with Crippen molar-refractivity contribution in [1.82, 2.24) is 0 Å². The molecule has 17 heavy (non-hydrogen) atoms. The van der Waals surface area contributed by atoms with Crippen LogP contribution in [0.3, 0.4) is 0 Å². The molecule has 0 spiro atoms. The molecule has 0 nitrogen and oxygen atoms in total. The Balaban J connectivity index is 1.89. The van der Waals surface area contributed by atoms with E-state index in [-0.39, 0.29) is 0 Å². The van der Waals surface area contributed by atoms with Gasteiger partial charge in [-0.25, -0.2) is 0 Å². The molecule has 2 aliphatic rings. The molecule has 6 unspecified atom stereocenters. The van der Waals surface area contributed by atoms with Gasteiger partial charge < -0.3 is 0 Å². The molecule has 0 aliphatic heterocycles. The van der Waals surface area contributed by atoms with E-state index in [1.165, 1.54) is 25.7 Å². The third-order valence-corrected chi connectivity index (χ3v) is 6.36. The first-order valence-electron chi connectivity index (χ1n) is 7.83. The van der Waals surface area contributed by atoms with Crippen molar-refractivity contribution >= 4 is 0 Å². The van der Waals surface area contributed by atoms with E-state index in [2.05, 4.69) is 41.5 Å². The molecule has 0 radical (unpaired) electrons. The van der Waals surface area contributed by atoms with Crippen LogP contribution in [-0.2, 0) is 0 Å². The van der Waals surface area contributed by atoms with Crippen LogP contribution in [0.4, 0.5) is 0 Å². The summed E-state index contributed by atoms with van der Waals surface area (Å²) >= 11 is 0. The molecule has 2 rings (SSSR count). The van der Waals surface area contributed by atoms with Crippen LogP contribution in [0.5, 0.6) is 0 Å². The Kier molecular flexibility index (Phi) is 3.63. The fourth-order valence-electron chi connectivity index (χ4n) is 4.41. The summed E-state index contributed by atoms with van der Waals surface area (Å²) in [4.78, 5) is 0. The minimum Gasteiger partial charge on any atom is -0.0625 e. The topological polar surface area (TPSA) is 0 Å². The molecule has 0 heterocycles. The van der Waals surface area contributed by atoms with E-state index >= 15 is 0 Å². The molecular weight excluding hydrogens is 204 g/mol. The molecule has 0 aromatic heterocycles. The summed E-state index contributed by atoms with van der Waals surface area (Å²) in [6.45, 7) is 14.9. The van der Waals surface area contributed by atoms with Crippen LogP contribution in [0.15, 0.2) is 0 Å². The van der Waals surface area contributed by atoms with Crippen LogP contribution < -0.4 is 0 Å². The van der Waals surface area contributed by atoms with Crippen LogP contribution in [0.2, 0.25) is 0 Å². The van der Waals surface area contributed by atoms with Crippen molar-refractivity contribution < 1.29 is 0 Å². The zero-order chi connectivity index (χ0) is 12.8. The molecule has 6 atom stereocenters. The summed E-state index contributed by atoms with van der Waals surface area (Å²) in [5.74, 6) is 5.78. The van der Waals surface area contributed by atoms with Gasteiger partial charge in [0.2, 0.25) is 0 Å². The molecule has 0 saturated heterocycles. The Morgan fingerprint density at radius 1 is 1.00 bits per heavy atom. The summed E-state index contributed by atoms with van der Waals surface area (Å²) in [6.07, 6.45) is 5.93. The first-order chi connectivity index (χ1) is 7.83. The smallest absolute Gasteiger partial charge is 0.0320 e. The van der Waals surface area contributed by atoms with Gasteiger partial charge >= 0.3 is 0 Å². The summed E-state index contributed by atoms with van der Waals surface area (Å²) in [5.41, 5.74) is 0.649. The van der Waals surface area contributed by atoms with E-state index in [0.717, 1.165) is 35.5 Å². The van der Waals surface area contributed by atoms with Crippen molar-refractivity contribution in [3.05, 3.63) is 0 Å². The van der Waals surface area contributed by atoms with Crippen LogP contribution in [-0.4, -0.2) is 0 Å². The van der Waals surface area contributed by atoms with E-state index in [4.69, 9.17) is 0 Å². The second kappa shape index (κ2) is 4.59. The van der Waals surface area contributed by atoms with Gasteiger partial charge in [-0.3, -0.25) is 0 Å². The monoisotopic (exact) mass is 236 g/mol. The maximum atomic E-state index is 2.53. The van der Waals surface area contributed by atoms with Gasteiger partial charge in [0.05, 0.1) is 0 Å². The average molecular weight is 236 g/mol. The van der Waals surface area contributed by atoms with Gasteiger partial charge in [-0.1, -0.05) is 48.0 Å². The third-order valence-electron chi connectivity index (χ3n) is 6.36. The van der Waals surface area contributed by atoms with E-state index < -0.39 is 0 Å². The van der Waals surface area contributed by atoms with Gasteiger partial charge in [-0.05, 0) is 60.2 Å². The zero-order valence-electron chi connectivity index (χ0n) is 12.8. The van der Waals surface area contributed by atoms with Crippen molar-refractivity contribution in [2.75, 3.05) is 0 Å². The molecule has 0 amide bonds. The standard InChI is InChI=1S/C17H32/c1-11-7-8-15(9-11)13(3)12(2)14(4)16-10-17(16,5)6/h11-16H,7-10H2,1-6H3. The van der Waals surface area contributed by atoms with Crippen molar-refractivity contribution in [3.8, 4) is 0 Å². The molecule has 2 saturated carbocycles. The quantitative estimate of drug-likeness (QED) is 0.615. The largest absolute Gasteiger partial charge is 0.0625 e. The lowest BCUT2D eigenvalue weighted by Crippen LogP contribution is -2.24. The maximum absolute atomic E-state index is 2.53. The van der Waals surface area contributed by atoms with Crippen molar-refractivity contribution in [2.45, 2.75) is 67.2 Å². The van der Waals surface area contributed by atoms with Gasteiger partial charge in [0.15, 0.2) is 0 Å². The fraction of sp³-hybridized carbons (Fsp3) is 1.00. The normalized spacial score (nSPS) is 40.9. The molecule has 0 aromatic rings. The van der Waals surface area contributed by atoms with Crippen LogP contribution in [0.25, 0.3) is 0 Å². The lowest BCUT2D eigenvalue weighted by atomic mass is 9.74. The molecule has 2 fully saturated rings. The van der Waals surface area contributed by atoms with Crippen LogP contribution >= 0.6 is 0 Å². The lowest BCUT2D eigenvalue weighted by Gasteiger charge is -2.31. The molecule has 0 heteroatoms. The van der Waals surface area contributed by atoms with Gasteiger partial charge in [-0.2, -0.15) is 0 Å². The first kappa shape index (κ1) is 13.4. The molecule has 2 aliphatic carbocycles. The van der Waals surface area contributed by atoms with E-state index in [9.17, 15) is 0 Å². The van der Waals surface area contributed by atoms with Crippen molar-refractivity contribution in [3.63, 3.8) is 0 Å². The Morgan fingerprint density at radius 2 is 1.59 bits per heavy atom. The summed E-state index contributed by atoms with van der Waals surface area (Å²) in [5, 5.41) is 0. The van der Waals surface area contributed by atoms with Gasteiger partial charge in [-0.15, -0.1) is 0 Å². The molecule has 100 valence electrons. The molecule has 0 aromatic carbocycles. The van der Waals surface area contributed by atoms with Gasteiger partial charge in [0.25, 0.3) is 0 Å². The van der Waals surface area contributed by atoms with Crippen LogP contribution in [0.1, 0.15) is 67.2 Å². The summed E-state index contributed by atoms with van der Waals surface area (Å²) < 4.78 is 0.